The van der Waals surface area contributed by atoms with Gasteiger partial charge in [0, 0.05) is 43.1 Å². The molecule has 7 heteroatoms. The first kappa shape index (κ1) is 24.2. The van der Waals surface area contributed by atoms with Crippen LogP contribution in [-0.4, -0.2) is 53.5 Å². The third kappa shape index (κ3) is 6.75. The van der Waals surface area contributed by atoms with E-state index in [4.69, 9.17) is 4.74 Å². The van der Waals surface area contributed by atoms with E-state index in [0.29, 0.717) is 31.5 Å². The number of piperidine rings is 1. The second kappa shape index (κ2) is 12.0. The molecule has 2 heterocycles. The molecule has 6 nitrogen and oxygen atoms in total. The van der Waals surface area contributed by atoms with Gasteiger partial charge in [-0.15, -0.1) is 11.3 Å². The molecule has 0 spiro atoms. The number of carbonyl (C=O) groups is 2. The van der Waals surface area contributed by atoms with Gasteiger partial charge in [-0.05, 0) is 44.9 Å². The van der Waals surface area contributed by atoms with Crippen molar-refractivity contribution in [3.8, 4) is 0 Å². The summed E-state index contributed by atoms with van der Waals surface area (Å²) in [6.45, 7) is 7.92. The van der Waals surface area contributed by atoms with Gasteiger partial charge in [0.15, 0.2) is 0 Å². The van der Waals surface area contributed by atoms with Crippen molar-refractivity contribution in [3.05, 3.63) is 16.6 Å². The van der Waals surface area contributed by atoms with Crippen LogP contribution >= 0.6 is 11.3 Å². The van der Waals surface area contributed by atoms with Gasteiger partial charge in [-0.25, -0.2) is 4.98 Å². The molecular weight excluding hydrogens is 410 g/mol. The number of carbonyl (C=O) groups excluding carboxylic acids is 2. The fourth-order valence-corrected chi connectivity index (χ4v) is 5.39. The van der Waals surface area contributed by atoms with E-state index < -0.39 is 6.04 Å². The van der Waals surface area contributed by atoms with Crippen molar-refractivity contribution in [3.63, 3.8) is 0 Å². The van der Waals surface area contributed by atoms with Crippen molar-refractivity contribution in [2.24, 2.45) is 11.8 Å². The quantitative estimate of drug-likeness (QED) is 0.608. The minimum Gasteiger partial charge on any atom is -0.376 e. The Hall–Kier alpha value is -1.47. The standard InChI is InChI=1S/C24H39N3O3S/c1-4-17(2)22(28)26-21(18(3)30-16-19-8-6-5-7-9-19)24(29)27-13-10-20(11-14-27)23-25-12-15-31-23/h12,15,17-21H,4-11,13-14,16H2,1-3H3,(H,26,28)/t17?,18-,21+/m1/s1. The number of ether oxygens (including phenoxy) is 1. The van der Waals surface area contributed by atoms with Crippen LogP contribution in [-0.2, 0) is 14.3 Å². The Bertz CT molecular complexity index is 682. The fourth-order valence-electron chi connectivity index (χ4n) is 4.58. The molecule has 2 aliphatic rings. The summed E-state index contributed by atoms with van der Waals surface area (Å²) < 4.78 is 6.18. The molecule has 2 fully saturated rings. The Morgan fingerprint density at radius 2 is 1.90 bits per heavy atom. The van der Waals surface area contributed by atoms with Gasteiger partial charge in [-0.1, -0.05) is 33.1 Å². The van der Waals surface area contributed by atoms with Crippen molar-refractivity contribution >= 4 is 23.2 Å². The zero-order chi connectivity index (χ0) is 22.2. The maximum Gasteiger partial charge on any atom is 0.247 e. The first-order chi connectivity index (χ1) is 15.0. The van der Waals surface area contributed by atoms with Crippen LogP contribution < -0.4 is 5.32 Å². The first-order valence-electron chi connectivity index (χ1n) is 12.1. The molecule has 2 amide bonds. The minimum atomic E-state index is -0.624. The van der Waals surface area contributed by atoms with Crippen LogP contribution in [0.3, 0.4) is 0 Å². The van der Waals surface area contributed by atoms with E-state index in [0.717, 1.165) is 24.3 Å². The average Bonchev–Trinajstić information content (AvgIpc) is 3.35. The number of hydrogen-bond donors (Lipinski definition) is 1. The summed E-state index contributed by atoms with van der Waals surface area (Å²) in [6.07, 6.45) is 10.4. The second-order valence-corrected chi connectivity index (χ2v) is 10.2. The van der Waals surface area contributed by atoms with Crippen molar-refractivity contribution in [1.82, 2.24) is 15.2 Å². The first-order valence-corrected chi connectivity index (χ1v) is 13.0. The van der Waals surface area contributed by atoms with Crippen LogP contribution in [0, 0.1) is 11.8 Å². The van der Waals surface area contributed by atoms with Crippen molar-refractivity contribution in [1.29, 1.82) is 0 Å². The van der Waals surface area contributed by atoms with Gasteiger partial charge < -0.3 is 15.0 Å². The molecule has 1 saturated heterocycles. The maximum absolute atomic E-state index is 13.4. The molecule has 3 atom stereocenters. The lowest BCUT2D eigenvalue weighted by molar-refractivity contribution is -0.143. The molecule has 1 aliphatic carbocycles. The highest BCUT2D eigenvalue weighted by atomic mass is 32.1. The maximum atomic E-state index is 13.4. The Morgan fingerprint density at radius 3 is 2.52 bits per heavy atom. The van der Waals surface area contributed by atoms with E-state index in [1.54, 1.807) is 11.3 Å². The molecule has 1 aromatic heterocycles. The van der Waals surface area contributed by atoms with Crippen LogP contribution in [0.15, 0.2) is 11.6 Å². The summed E-state index contributed by atoms with van der Waals surface area (Å²) in [5.74, 6) is 0.817. The van der Waals surface area contributed by atoms with E-state index in [1.807, 2.05) is 37.2 Å². The van der Waals surface area contributed by atoms with Crippen LogP contribution in [0.4, 0.5) is 0 Å². The third-order valence-electron chi connectivity index (χ3n) is 7.02. The zero-order valence-electron chi connectivity index (χ0n) is 19.3. The number of nitrogens with one attached hydrogen (secondary N) is 1. The van der Waals surface area contributed by atoms with E-state index in [-0.39, 0.29) is 23.8 Å². The molecule has 0 bridgehead atoms. The van der Waals surface area contributed by atoms with Crippen molar-refractivity contribution in [2.75, 3.05) is 19.7 Å². The lowest BCUT2D eigenvalue weighted by Crippen LogP contribution is -2.56. The summed E-state index contributed by atoms with van der Waals surface area (Å²) in [5, 5.41) is 6.20. The Morgan fingerprint density at radius 1 is 1.19 bits per heavy atom. The lowest BCUT2D eigenvalue weighted by atomic mass is 9.90. The van der Waals surface area contributed by atoms with E-state index in [1.165, 1.54) is 32.1 Å². The number of thiazole rings is 1. The molecular formula is C24H39N3O3S. The monoisotopic (exact) mass is 449 g/mol. The molecule has 1 N–H and O–H groups in total. The summed E-state index contributed by atoms with van der Waals surface area (Å²) in [7, 11) is 0. The summed E-state index contributed by atoms with van der Waals surface area (Å²) in [5.41, 5.74) is 0. The molecule has 31 heavy (non-hydrogen) atoms. The largest absolute Gasteiger partial charge is 0.376 e. The van der Waals surface area contributed by atoms with E-state index in [2.05, 4.69) is 10.3 Å². The molecule has 1 aliphatic heterocycles. The average molecular weight is 450 g/mol. The molecule has 1 aromatic rings. The summed E-state index contributed by atoms with van der Waals surface area (Å²) in [6, 6.07) is -0.624. The molecule has 1 unspecified atom stereocenters. The Balaban J connectivity index is 1.60. The van der Waals surface area contributed by atoms with E-state index >= 15 is 0 Å². The minimum absolute atomic E-state index is 0.00890. The summed E-state index contributed by atoms with van der Waals surface area (Å²) >= 11 is 1.69. The lowest BCUT2D eigenvalue weighted by Gasteiger charge is -2.36. The number of aromatic nitrogens is 1. The predicted molar refractivity (Wildman–Crippen MR) is 124 cm³/mol. The SMILES string of the molecule is CCC(C)C(=O)N[C@H](C(=O)N1CCC(c2nccs2)CC1)[C@@H](C)OCC1CCCCC1. The molecule has 3 rings (SSSR count). The van der Waals surface area contributed by atoms with Gasteiger partial charge in [0.2, 0.25) is 11.8 Å². The molecule has 174 valence electrons. The number of amides is 2. The van der Waals surface area contributed by atoms with E-state index in [9.17, 15) is 9.59 Å². The van der Waals surface area contributed by atoms with Crippen molar-refractivity contribution in [2.45, 2.75) is 90.2 Å². The van der Waals surface area contributed by atoms with Crippen LogP contribution in [0.1, 0.15) is 83.1 Å². The molecule has 0 aromatic carbocycles. The van der Waals surface area contributed by atoms with Gasteiger partial charge in [0.1, 0.15) is 6.04 Å². The van der Waals surface area contributed by atoms with Crippen LogP contribution in [0.25, 0.3) is 0 Å². The normalized spacial score (nSPS) is 21.5. The predicted octanol–water partition coefficient (Wildman–Crippen LogP) is 4.37. The highest BCUT2D eigenvalue weighted by molar-refractivity contribution is 7.09. The smallest absolute Gasteiger partial charge is 0.247 e. The van der Waals surface area contributed by atoms with Gasteiger partial charge in [0.05, 0.1) is 11.1 Å². The highest BCUT2D eigenvalue weighted by Crippen LogP contribution is 2.30. The highest BCUT2D eigenvalue weighted by Gasteiger charge is 2.35. The number of hydrogen-bond acceptors (Lipinski definition) is 5. The second-order valence-electron chi connectivity index (χ2n) is 9.31. The Labute approximate surface area is 191 Å². The van der Waals surface area contributed by atoms with Crippen molar-refractivity contribution < 1.29 is 14.3 Å². The zero-order valence-corrected chi connectivity index (χ0v) is 20.2. The van der Waals surface area contributed by atoms with Gasteiger partial charge in [-0.2, -0.15) is 0 Å². The topological polar surface area (TPSA) is 71.5 Å². The van der Waals surface area contributed by atoms with Crippen LogP contribution in [0.2, 0.25) is 0 Å². The fraction of sp³-hybridized carbons (Fsp3) is 0.792. The van der Waals surface area contributed by atoms with Gasteiger partial charge >= 0.3 is 0 Å². The molecule has 0 radical (unpaired) electrons. The summed E-state index contributed by atoms with van der Waals surface area (Å²) in [4.78, 5) is 32.5. The number of likely N-dealkylation sites (tertiary alicyclic amines) is 1. The number of rotatable bonds is 9. The van der Waals surface area contributed by atoms with Crippen LogP contribution in [0.5, 0.6) is 0 Å². The molecule has 1 saturated carbocycles. The van der Waals surface area contributed by atoms with Gasteiger partial charge in [0.25, 0.3) is 0 Å². The van der Waals surface area contributed by atoms with Gasteiger partial charge in [-0.3, -0.25) is 9.59 Å². The third-order valence-corrected chi connectivity index (χ3v) is 7.96. The Kier molecular flexibility index (Phi) is 9.32. The number of nitrogens with zero attached hydrogens (tertiary/aromatic N) is 2.